The van der Waals surface area contributed by atoms with E-state index in [9.17, 15) is 29.1 Å². The van der Waals surface area contributed by atoms with Crippen molar-refractivity contribution in [3.8, 4) is 11.5 Å². The van der Waals surface area contributed by atoms with Gasteiger partial charge in [0.25, 0.3) is 5.91 Å². The third-order valence-electron chi connectivity index (χ3n) is 8.09. The minimum Gasteiger partial charge on any atom is -0.508 e. The molecule has 13 nitrogen and oxygen atoms in total. The minimum absolute atomic E-state index is 0.0436. The monoisotopic (exact) mass is 636 g/mol. The highest BCUT2D eigenvalue weighted by molar-refractivity contribution is 6.01. The van der Waals surface area contributed by atoms with Gasteiger partial charge in [0.2, 0.25) is 23.6 Å². The maximum atomic E-state index is 13.9. The molecule has 2 aliphatic rings. The second-order valence-electron chi connectivity index (χ2n) is 12.1. The summed E-state index contributed by atoms with van der Waals surface area (Å²) in [5.74, 6) is -2.63. The Balaban J connectivity index is 1.67. The maximum Gasteiger partial charge on any atom is 0.255 e. The highest BCUT2D eigenvalue weighted by Crippen LogP contribution is 2.19. The van der Waals surface area contributed by atoms with E-state index in [-0.39, 0.29) is 42.6 Å². The van der Waals surface area contributed by atoms with Crippen molar-refractivity contribution in [2.24, 2.45) is 5.92 Å². The van der Waals surface area contributed by atoms with E-state index >= 15 is 0 Å². The van der Waals surface area contributed by atoms with Gasteiger partial charge in [0.1, 0.15) is 36.2 Å². The van der Waals surface area contributed by atoms with Crippen LogP contribution < -0.4 is 26.0 Å². The second kappa shape index (κ2) is 16.1. The van der Waals surface area contributed by atoms with Crippen molar-refractivity contribution in [1.82, 2.24) is 31.1 Å². The molecule has 5 amide bonds. The van der Waals surface area contributed by atoms with Crippen molar-refractivity contribution in [3.63, 3.8) is 0 Å². The molecule has 46 heavy (non-hydrogen) atoms. The molecule has 0 aliphatic carbocycles. The molecule has 13 heteroatoms. The summed E-state index contributed by atoms with van der Waals surface area (Å²) in [6.45, 7) is 6.10. The Kier molecular flexibility index (Phi) is 12.0. The van der Waals surface area contributed by atoms with Crippen LogP contribution in [0, 0.1) is 5.92 Å². The third-order valence-corrected chi connectivity index (χ3v) is 8.09. The zero-order valence-corrected chi connectivity index (χ0v) is 26.6. The first-order valence-corrected chi connectivity index (χ1v) is 15.7. The number of hydrogen-bond acceptors (Lipinski definition) is 8. The summed E-state index contributed by atoms with van der Waals surface area (Å²) in [6.07, 6.45) is 0.368. The third kappa shape index (κ3) is 9.43. The van der Waals surface area contributed by atoms with Crippen molar-refractivity contribution in [2.45, 2.75) is 51.2 Å². The number of aromatic hydroxyl groups is 1. The Morgan fingerprint density at radius 1 is 0.935 bits per heavy atom. The van der Waals surface area contributed by atoms with E-state index in [0.717, 1.165) is 13.0 Å². The molecular formula is C33H44N6O7. The quantitative estimate of drug-likeness (QED) is 0.322. The Labute approximate surface area is 269 Å². The Hall–Kier alpha value is -4.65. The van der Waals surface area contributed by atoms with E-state index in [0.29, 0.717) is 25.2 Å². The zero-order valence-electron chi connectivity index (χ0n) is 26.6. The van der Waals surface area contributed by atoms with Crippen molar-refractivity contribution >= 4 is 29.5 Å². The first-order valence-electron chi connectivity index (χ1n) is 15.7. The summed E-state index contributed by atoms with van der Waals surface area (Å²) < 4.78 is 5.84. The summed E-state index contributed by atoms with van der Waals surface area (Å²) in [4.78, 5) is 71.6. The standard InChI is InChI=1S/C33H44N6O7/c1-21(2)29-32(44)34-13-18-46-27-8-5-4-7-24(27)30(42)36-26(33(45)39-15-6-14-38(3)16-17-39)20-28(41)35-25(31(43)37-29)19-22-9-11-23(40)12-10-22/h4-5,7-12,21,25-26,29,40H,6,13-20H2,1-3H3,(H,34,44)(H,35,41)(H,36,42)(H,37,43)/t25-,26-,29+/m0/s1. The van der Waals surface area contributed by atoms with Crippen LogP contribution in [0.2, 0.25) is 0 Å². The first-order chi connectivity index (χ1) is 22.0. The number of carbonyl (C=O) groups excluding carboxylic acids is 5. The van der Waals surface area contributed by atoms with Gasteiger partial charge in [-0.15, -0.1) is 0 Å². The lowest BCUT2D eigenvalue weighted by molar-refractivity contribution is -0.136. The van der Waals surface area contributed by atoms with Crippen LogP contribution in [-0.4, -0.2) is 109 Å². The minimum atomic E-state index is -1.22. The Morgan fingerprint density at radius 3 is 2.41 bits per heavy atom. The van der Waals surface area contributed by atoms with Crippen LogP contribution in [0.25, 0.3) is 0 Å². The van der Waals surface area contributed by atoms with Crippen LogP contribution >= 0.6 is 0 Å². The molecule has 0 unspecified atom stereocenters. The number of likely N-dealkylation sites (N-methyl/N-ethyl adjacent to an activating group) is 1. The van der Waals surface area contributed by atoms with Crippen LogP contribution in [0.3, 0.4) is 0 Å². The number of hydrogen-bond donors (Lipinski definition) is 5. The Morgan fingerprint density at radius 2 is 1.67 bits per heavy atom. The van der Waals surface area contributed by atoms with Crippen LogP contribution in [-0.2, 0) is 25.6 Å². The van der Waals surface area contributed by atoms with Crippen LogP contribution in [0.4, 0.5) is 0 Å². The van der Waals surface area contributed by atoms with Gasteiger partial charge in [-0.3, -0.25) is 24.0 Å². The first kappa shape index (κ1) is 34.2. The maximum absolute atomic E-state index is 13.9. The predicted molar refractivity (Wildman–Crippen MR) is 170 cm³/mol. The largest absolute Gasteiger partial charge is 0.508 e. The molecule has 1 fully saturated rings. The van der Waals surface area contributed by atoms with E-state index in [1.807, 2.05) is 7.05 Å². The van der Waals surface area contributed by atoms with Gasteiger partial charge in [-0.05, 0) is 55.8 Å². The highest BCUT2D eigenvalue weighted by Gasteiger charge is 2.33. The van der Waals surface area contributed by atoms with E-state index < -0.39 is 54.1 Å². The number of rotatable bonds is 4. The number of nitrogens with one attached hydrogen (secondary N) is 4. The van der Waals surface area contributed by atoms with Gasteiger partial charge in [-0.25, -0.2) is 0 Å². The van der Waals surface area contributed by atoms with Crippen molar-refractivity contribution in [1.29, 1.82) is 0 Å². The van der Waals surface area contributed by atoms with Gasteiger partial charge in [0, 0.05) is 26.1 Å². The lowest BCUT2D eigenvalue weighted by Crippen LogP contribution is -2.57. The summed E-state index contributed by atoms with van der Waals surface area (Å²) in [6, 6.07) is 9.50. The molecule has 248 valence electrons. The summed E-state index contributed by atoms with van der Waals surface area (Å²) in [5, 5.41) is 20.8. The van der Waals surface area contributed by atoms with Gasteiger partial charge in [-0.1, -0.05) is 38.1 Å². The SMILES string of the molecule is CC(C)[C@H]1NC(=O)[C@H](Cc2ccc(O)cc2)NC(=O)C[C@@H](C(=O)N2CCCN(C)CC2)NC(=O)c2ccccc2OCCNC1=O. The fourth-order valence-electron chi connectivity index (χ4n) is 5.45. The van der Waals surface area contributed by atoms with Gasteiger partial charge in [0.05, 0.1) is 18.5 Å². The average Bonchev–Trinajstić information content (AvgIpc) is 3.25. The van der Waals surface area contributed by atoms with E-state index in [1.54, 1.807) is 55.1 Å². The number of phenols is 1. The predicted octanol–water partition coefficient (Wildman–Crippen LogP) is 0.422. The molecule has 0 spiro atoms. The fourth-order valence-corrected chi connectivity index (χ4v) is 5.45. The molecule has 0 saturated carbocycles. The molecule has 4 rings (SSSR count). The number of amides is 5. The molecule has 5 N–H and O–H groups in total. The average molecular weight is 637 g/mol. The van der Waals surface area contributed by atoms with Crippen LogP contribution in [0.15, 0.2) is 48.5 Å². The molecule has 2 aromatic rings. The smallest absolute Gasteiger partial charge is 0.255 e. The summed E-state index contributed by atoms with van der Waals surface area (Å²) in [7, 11) is 1.97. The molecule has 0 bridgehead atoms. The topological polar surface area (TPSA) is 169 Å². The van der Waals surface area contributed by atoms with Crippen molar-refractivity contribution in [2.75, 3.05) is 46.4 Å². The number of fused-ring (bicyclic) bond motifs is 1. The van der Waals surface area contributed by atoms with E-state index in [1.165, 1.54) is 12.1 Å². The van der Waals surface area contributed by atoms with Gasteiger partial charge in [-0.2, -0.15) is 0 Å². The highest BCUT2D eigenvalue weighted by atomic mass is 16.5. The second-order valence-corrected chi connectivity index (χ2v) is 12.1. The van der Waals surface area contributed by atoms with Crippen LogP contribution in [0.1, 0.15) is 42.6 Å². The van der Waals surface area contributed by atoms with Gasteiger partial charge < -0.3 is 40.9 Å². The number of ether oxygens (including phenoxy) is 1. The van der Waals surface area contributed by atoms with Crippen molar-refractivity contribution in [3.05, 3.63) is 59.7 Å². The Bertz CT molecular complexity index is 1400. The normalized spacial score (nSPS) is 22.7. The van der Waals surface area contributed by atoms with E-state index in [2.05, 4.69) is 26.2 Å². The number of benzene rings is 2. The number of para-hydroxylation sites is 1. The summed E-state index contributed by atoms with van der Waals surface area (Å²) >= 11 is 0. The molecule has 2 aliphatic heterocycles. The lowest BCUT2D eigenvalue weighted by atomic mass is 10.0. The van der Waals surface area contributed by atoms with Gasteiger partial charge in [0.15, 0.2) is 0 Å². The van der Waals surface area contributed by atoms with E-state index in [4.69, 9.17) is 4.74 Å². The number of phenolic OH excluding ortho intramolecular Hbond substituents is 1. The summed E-state index contributed by atoms with van der Waals surface area (Å²) in [5.41, 5.74) is 0.826. The molecule has 1 saturated heterocycles. The molecule has 3 atom stereocenters. The molecule has 0 radical (unpaired) electrons. The zero-order chi connectivity index (χ0) is 33.2. The molecule has 0 aromatic heterocycles. The lowest BCUT2D eigenvalue weighted by Gasteiger charge is -2.28. The molecule has 2 heterocycles. The number of carbonyl (C=O) groups is 5. The molecular weight excluding hydrogens is 592 g/mol. The van der Waals surface area contributed by atoms with Crippen LogP contribution in [0.5, 0.6) is 11.5 Å². The number of nitrogens with zero attached hydrogens (tertiary/aromatic N) is 2. The fraction of sp³-hybridized carbons (Fsp3) is 0.485. The molecule has 2 aromatic carbocycles. The van der Waals surface area contributed by atoms with Crippen molar-refractivity contribution < 1.29 is 33.8 Å². The van der Waals surface area contributed by atoms with Gasteiger partial charge >= 0.3 is 0 Å².